The van der Waals surface area contributed by atoms with Gasteiger partial charge in [-0.1, -0.05) is 0 Å². The molecule has 6 heteroatoms. The van der Waals surface area contributed by atoms with Crippen LogP contribution in [-0.2, 0) is 4.74 Å². The molecule has 112 valence electrons. The SMILES string of the molecule is NCC(NC(=O)c1ccc(N2CCOC2=O)cc1)C1CC1. The van der Waals surface area contributed by atoms with E-state index in [1.807, 2.05) is 0 Å². The first-order valence-electron chi connectivity index (χ1n) is 7.24. The van der Waals surface area contributed by atoms with Crippen LogP contribution >= 0.6 is 0 Å². The van der Waals surface area contributed by atoms with Gasteiger partial charge in [-0.05, 0) is 43.0 Å². The number of nitrogens with one attached hydrogen (secondary N) is 1. The molecule has 2 fully saturated rings. The molecule has 1 aromatic carbocycles. The number of nitrogens with zero attached hydrogens (tertiary/aromatic N) is 1. The number of hydrogen-bond donors (Lipinski definition) is 2. The molecular weight excluding hydrogens is 270 g/mol. The highest BCUT2D eigenvalue weighted by molar-refractivity contribution is 5.95. The van der Waals surface area contributed by atoms with E-state index in [-0.39, 0.29) is 18.0 Å². The van der Waals surface area contributed by atoms with Crippen molar-refractivity contribution in [2.24, 2.45) is 11.7 Å². The number of carbonyl (C=O) groups is 2. The van der Waals surface area contributed by atoms with Gasteiger partial charge < -0.3 is 15.8 Å². The summed E-state index contributed by atoms with van der Waals surface area (Å²) in [6, 6.07) is 7.02. The van der Waals surface area contributed by atoms with Gasteiger partial charge in [-0.2, -0.15) is 0 Å². The highest BCUT2D eigenvalue weighted by Crippen LogP contribution is 2.32. The van der Waals surface area contributed by atoms with E-state index in [0.717, 1.165) is 18.5 Å². The lowest BCUT2D eigenvalue weighted by Crippen LogP contribution is -2.41. The maximum atomic E-state index is 12.2. The van der Waals surface area contributed by atoms with Crippen LogP contribution in [0.1, 0.15) is 23.2 Å². The standard InChI is InChI=1S/C15H19N3O3/c16-9-13(10-1-2-10)17-14(19)11-3-5-12(6-4-11)18-7-8-21-15(18)20/h3-6,10,13H,1-2,7-9,16H2,(H,17,19). The fraction of sp³-hybridized carbons (Fsp3) is 0.467. The predicted molar refractivity (Wildman–Crippen MR) is 78.2 cm³/mol. The van der Waals surface area contributed by atoms with Crippen molar-refractivity contribution in [2.75, 3.05) is 24.6 Å². The summed E-state index contributed by atoms with van der Waals surface area (Å²) in [6.45, 7) is 1.41. The highest BCUT2D eigenvalue weighted by atomic mass is 16.6. The van der Waals surface area contributed by atoms with Crippen molar-refractivity contribution in [3.63, 3.8) is 0 Å². The van der Waals surface area contributed by atoms with E-state index in [2.05, 4.69) is 5.32 Å². The molecule has 1 heterocycles. The van der Waals surface area contributed by atoms with Crippen molar-refractivity contribution >= 4 is 17.7 Å². The van der Waals surface area contributed by atoms with Gasteiger partial charge in [0.15, 0.2) is 0 Å². The Morgan fingerprint density at radius 1 is 1.38 bits per heavy atom. The van der Waals surface area contributed by atoms with E-state index < -0.39 is 0 Å². The maximum absolute atomic E-state index is 12.2. The van der Waals surface area contributed by atoms with E-state index in [1.165, 1.54) is 0 Å². The van der Waals surface area contributed by atoms with E-state index in [4.69, 9.17) is 10.5 Å². The topological polar surface area (TPSA) is 84.7 Å². The Bertz CT molecular complexity index is 540. The molecule has 1 saturated carbocycles. The summed E-state index contributed by atoms with van der Waals surface area (Å²) < 4.78 is 4.89. The summed E-state index contributed by atoms with van der Waals surface area (Å²) in [5.74, 6) is 0.408. The molecule has 6 nitrogen and oxygen atoms in total. The van der Waals surface area contributed by atoms with Gasteiger partial charge in [0.1, 0.15) is 6.61 Å². The van der Waals surface area contributed by atoms with Crippen molar-refractivity contribution in [1.82, 2.24) is 5.32 Å². The second kappa shape index (κ2) is 5.73. The molecule has 1 saturated heterocycles. The Kier molecular flexibility index (Phi) is 3.79. The molecule has 21 heavy (non-hydrogen) atoms. The van der Waals surface area contributed by atoms with Crippen molar-refractivity contribution in [2.45, 2.75) is 18.9 Å². The first-order valence-corrected chi connectivity index (χ1v) is 7.24. The minimum Gasteiger partial charge on any atom is -0.447 e. The van der Waals surface area contributed by atoms with Crippen LogP contribution in [0.4, 0.5) is 10.5 Å². The number of anilines is 1. The van der Waals surface area contributed by atoms with Gasteiger partial charge in [0, 0.05) is 23.8 Å². The maximum Gasteiger partial charge on any atom is 0.414 e. The van der Waals surface area contributed by atoms with Crippen LogP contribution < -0.4 is 16.0 Å². The molecule has 2 amide bonds. The normalized spacial score (nSPS) is 19.3. The van der Waals surface area contributed by atoms with E-state index >= 15 is 0 Å². The van der Waals surface area contributed by atoms with Gasteiger partial charge >= 0.3 is 6.09 Å². The highest BCUT2D eigenvalue weighted by Gasteiger charge is 2.31. The molecule has 3 N–H and O–H groups in total. The molecule has 0 aromatic heterocycles. The van der Waals surface area contributed by atoms with Gasteiger partial charge in [0.25, 0.3) is 5.91 Å². The van der Waals surface area contributed by atoms with Crippen molar-refractivity contribution < 1.29 is 14.3 Å². The lowest BCUT2D eigenvalue weighted by molar-refractivity contribution is 0.0933. The second-order valence-electron chi connectivity index (χ2n) is 5.47. The Hall–Kier alpha value is -2.08. The van der Waals surface area contributed by atoms with Crippen molar-refractivity contribution in [1.29, 1.82) is 0 Å². The summed E-state index contributed by atoms with van der Waals surface area (Å²) in [5.41, 5.74) is 7.01. The lowest BCUT2D eigenvalue weighted by Gasteiger charge is -2.17. The van der Waals surface area contributed by atoms with Gasteiger partial charge in [0.2, 0.25) is 0 Å². The summed E-state index contributed by atoms with van der Waals surface area (Å²) >= 11 is 0. The molecule has 3 rings (SSSR count). The fourth-order valence-corrected chi connectivity index (χ4v) is 2.54. The molecule has 1 aliphatic heterocycles. The smallest absolute Gasteiger partial charge is 0.414 e. The van der Waals surface area contributed by atoms with E-state index in [9.17, 15) is 9.59 Å². The van der Waals surface area contributed by atoms with Crippen LogP contribution in [0.15, 0.2) is 24.3 Å². The van der Waals surface area contributed by atoms with Gasteiger partial charge in [-0.25, -0.2) is 4.79 Å². The van der Waals surface area contributed by atoms with Crippen LogP contribution in [0, 0.1) is 5.92 Å². The number of rotatable bonds is 5. The Morgan fingerprint density at radius 3 is 2.62 bits per heavy atom. The van der Waals surface area contributed by atoms with E-state index in [0.29, 0.717) is 31.2 Å². The Labute approximate surface area is 123 Å². The third-order valence-electron chi connectivity index (χ3n) is 3.96. The van der Waals surface area contributed by atoms with Gasteiger partial charge in [0.05, 0.1) is 6.54 Å². The number of hydrogen-bond acceptors (Lipinski definition) is 4. The van der Waals surface area contributed by atoms with Gasteiger partial charge in [-0.3, -0.25) is 9.69 Å². The molecule has 0 radical (unpaired) electrons. The molecule has 2 aliphatic rings. The fourth-order valence-electron chi connectivity index (χ4n) is 2.54. The van der Waals surface area contributed by atoms with Crippen molar-refractivity contribution in [3.8, 4) is 0 Å². The number of nitrogens with two attached hydrogens (primary N) is 1. The Morgan fingerprint density at radius 2 is 2.10 bits per heavy atom. The molecule has 0 bridgehead atoms. The van der Waals surface area contributed by atoms with Gasteiger partial charge in [-0.15, -0.1) is 0 Å². The molecule has 0 spiro atoms. The van der Waals surface area contributed by atoms with Crippen LogP contribution in [0.3, 0.4) is 0 Å². The molecule has 1 unspecified atom stereocenters. The number of benzene rings is 1. The third-order valence-corrected chi connectivity index (χ3v) is 3.96. The van der Waals surface area contributed by atoms with Crippen LogP contribution in [-0.4, -0.2) is 37.7 Å². The number of cyclic esters (lactones) is 1. The summed E-state index contributed by atoms with van der Waals surface area (Å²) in [7, 11) is 0. The zero-order chi connectivity index (χ0) is 14.8. The van der Waals surface area contributed by atoms with E-state index in [1.54, 1.807) is 29.2 Å². The average Bonchev–Trinajstić information content (AvgIpc) is 3.26. The quantitative estimate of drug-likeness (QED) is 0.850. The van der Waals surface area contributed by atoms with Crippen LogP contribution in [0.2, 0.25) is 0 Å². The zero-order valence-electron chi connectivity index (χ0n) is 11.7. The monoisotopic (exact) mass is 289 g/mol. The largest absolute Gasteiger partial charge is 0.447 e. The summed E-state index contributed by atoms with van der Waals surface area (Å²) in [5, 5.41) is 2.97. The predicted octanol–water partition coefficient (Wildman–Crippen LogP) is 1.11. The minimum absolute atomic E-state index is 0.0609. The molecule has 1 aromatic rings. The summed E-state index contributed by atoms with van der Waals surface area (Å²) in [6.07, 6.45) is 1.93. The van der Waals surface area contributed by atoms with Crippen LogP contribution in [0.5, 0.6) is 0 Å². The van der Waals surface area contributed by atoms with Crippen molar-refractivity contribution in [3.05, 3.63) is 29.8 Å². The lowest BCUT2D eigenvalue weighted by atomic mass is 10.1. The zero-order valence-corrected chi connectivity index (χ0v) is 11.7. The molecule has 1 aliphatic carbocycles. The van der Waals surface area contributed by atoms with Crippen LogP contribution in [0.25, 0.3) is 0 Å². The first-order chi connectivity index (χ1) is 10.2. The number of carbonyl (C=O) groups excluding carboxylic acids is 2. The third kappa shape index (κ3) is 3.00. The molecule has 1 atom stereocenters. The number of ether oxygens (including phenoxy) is 1. The Balaban J connectivity index is 1.65. The summed E-state index contributed by atoms with van der Waals surface area (Å²) in [4.78, 5) is 25.2. The second-order valence-corrected chi connectivity index (χ2v) is 5.47. The average molecular weight is 289 g/mol. The first kappa shape index (κ1) is 13.9. The molecular formula is C15H19N3O3. The number of amides is 2. The minimum atomic E-state index is -0.343.